The summed E-state index contributed by atoms with van der Waals surface area (Å²) >= 11 is 0. The quantitative estimate of drug-likeness (QED) is 0.661. The zero-order valence-corrected chi connectivity index (χ0v) is 15.2. The molecule has 0 bridgehead atoms. The fraction of sp³-hybridized carbons (Fsp3) is 0.150. The second-order valence-electron chi connectivity index (χ2n) is 6.04. The van der Waals surface area contributed by atoms with Gasteiger partial charge in [-0.25, -0.2) is 12.8 Å². The van der Waals surface area contributed by atoms with Crippen molar-refractivity contribution in [2.24, 2.45) is 0 Å². The summed E-state index contributed by atoms with van der Waals surface area (Å²) in [6.07, 6.45) is 1.63. The van der Waals surface area contributed by atoms with Crippen LogP contribution in [0, 0.1) is 12.7 Å². The Morgan fingerprint density at radius 1 is 0.962 bits per heavy atom. The minimum absolute atomic E-state index is 0.0579. The van der Waals surface area contributed by atoms with E-state index in [1.54, 1.807) is 18.3 Å². The summed E-state index contributed by atoms with van der Waals surface area (Å²) in [5.41, 5.74) is 2.58. The van der Waals surface area contributed by atoms with Gasteiger partial charge in [0.2, 0.25) is 10.0 Å². The number of benzene rings is 2. The Bertz CT molecular complexity index is 974. The lowest BCUT2D eigenvalue weighted by Crippen LogP contribution is -2.30. The Balaban J connectivity index is 1.97. The Kier molecular flexibility index (Phi) is 5.44. The minimum atomic E-state index is -3.80. The summed E-state index contributed by atoms with van der Waals surface area (Å²) in [6, 6.07) is 17.9. The Hall–Kier alpha value is -2.57. The average Bonchev–Trinajstić information content (AvgIpc) is 2.62. The highest BCUT2D eigenvalue weighted by atomic mass is 32.2. The van der Waals surface area contributed by atoms with Crippen molar-refractivity contribution >= 4 is 10.0 Å². The molecule has 0 amide bonds. The lowest BCUT2D eigenvalue weighted by Gasteiger charge is -2.22. The number of rotatable bonds is 6. The normalized spacial score (nSPS) is 11.7. The maximum absolute atomic E-state index is 13.2. The van der Waals surface area contributed by atoms with Crippen molar-refractivity contribution < 1.29 is 12.8 Å². The highest BCUT2D eigenvalue weighted by Gasteiger charge is 2.25. The lowest BCUT2D eigenvalue weighted by molar-refractivity contribution is 0.396. The van der Waals surface area contributed by atoms with Crippen molar-refractivity contribution in [3.8, 4) is 0 Å². The van der Waals surface area contributed by atoms with Gasteiger partial charge >= 0.3 is 0 Å². The molecule has 0 unspecified atom stereocenters. The molecule has 4 nitrogen and oxygen atoms in total. The number of pyridine rings is 1. The van der Waals surface area contributed by atoms with Gasteiger partial charge in [-0.1, -0.05) is 35.9 Å². The van der Waals surface area contributed by atoms with Gasteiger partial charge in [-0.3, -0.25) is 4.98 Å². The first kappa shape index (κ1) is 18.2. The number of hydrogen-bond donors (Lipinski definition) is 0. The fourth-order valence-electron chi connectivity index (χ4n) is 2.67. The van der Waals surface area contributed by atoms with E-state index >= 15 is 0 Å². The van der Waals surface area contributed by atoms with E-state index in [1.165, 1.54) is 16.4 Å². The molecule has 0 spiro atoms. The second kappa shape index (κ2) is 7.76. The number of hydrogen-bond acceptors (Lipinski definition) is 3. The molecule has 0 N–H and O–H groups in total. The number of aromatic nitrogens is 1. The first-order chi connectivity index (χ1) is 12.4. The molecule has 3 rings (SSSR count). The van der Waals surface area contributed by atoms with Crippen LogP contribution in [0.1, 0.15) is 16.8 Å². The molecule has 1 aromatic heterocycles. The predicted octanol–water partition coefficient (Wildman–Crippen LogP) is 3.92. The smallest absolute Gasteiger partial charge is 0.243 e. The zero-order chi connectivity index (χ0) is 18.6. The Morgan fingerprint density at radius 2 is 1.73 bits per heavy atom. The van der Waals surface area contributed by atoms with Crippen LogP contribution in [0.4, 0.5) is 4.39 Å². The van der Waals surface area contributed by atoms with E-state index in [4.69, 9.17) is 0 Å². The van der Waals surface area contributed by atoms with Crippen LogP contribution in [0.25, 0.3) is 0 Å². The van der Waals surface area contributed by atoms with Crippen LogP contribution in [0.2, 0.25) is 0 Å². The van der Waals surface area contributed by atoms with Gasteiger partial charge in [-0.2, -0.15) is 4.31 Å². The molecule has 0 fully saturated rings. The van der Waals surface area contributed by atoms with Gasteiger partial charge in [0.05, 0.1) is 17.1 Å². The van der Waals surface area contributed by atoms with Crippen LogP contribution >= 0.6 is 0 Å². The van der Waals surface area contributed by atoms with Crippen molar-refractivity contribution in [1.82, 2.24) is 9.29 Å². The van der Waals surface area contributed by atoms with E-state index < -0.39 is 15.8 Å². The van der Waals surface area contributed by atoms with E-state index in [9.17, 15) is 12.8 Å². The van der Waals surface area contributed by atoms with Crippen molar-refractivity contribution in [1.29, 1.82) is 0 Å². The minimum Gasteiger partial charge on any atom is -0.260 e. The van der Waals surface area contributed by atoms with Gasteiger partial charge in [0.25, 0.3) is 0 Å². The second-order valence-corrected chi connectivity index (χ2v) is 7.98. The average molecular weight is 370 g/mol. The summed E-state index contributed by atoms with van der Waals surface area (Å²) in [7, 11) is -3.80. The van der Waals surface area contributed by atoms with Gasteiger partial charge in [0, 0.05) is 12.7 Å². The van der Waals surface area contributed by atoms with Crippen molar-refractivity contribution in [3.05, 3.63) is 95.6 Å². The first-order valence-corrected chi connectivity index (χ1v) is 9.60. The molecule has 0 radical (unpaired) electrons. The van der Waals surface area contributed by atoms with E-state index in [2.05, 4.69) is 4.98 Å². The van der Waals surface area contributed by atoms with Gasteiger partial charge in [-0.15, -0.1) is 0 Å². The lowest BCUT2D eigenvalue weighted by atomic mass is 10.1. The highest BCUT2D eigenvalue weighted by molar-refractivity contribution is 7.89. The summed E-state index contributed by atoms with van der Waals surface area (Å²) in [4.78, 5) is 4.29. The predicted molar refractivity (Wildman–Crippen MR) is 98.2 cm³/mol. The SMILES string of the molecule is Cc1cccc(CN(Cc2ccccn2)S(=O)(=O)c2ccc(F)cc2)c1. The van der Waals surface area contributed by atoms with Crippen molar-refractivity contribution in [2.75, 3.05) is 0 Å². The maximum Gasteiger partial charge on any atom is 0.243 e. The number of aryl methyl sites for hydroxylation is 1. The summed E-state index contributed by atoms with van der Waals surface area (Å²) in [5, 5.41) is 0. The molecule has 0 saturated heterocycles. The monoisotopic (exact) mass is 370 g/mol. The summed E-state index contributed by atoms with van der Waals surface area (Å²) in [6.45, 7) is 2.30. The summed E-state index contributed by atoms with van der Waals surface area (Å²) < 4.78 is 40.8. The Morgan fingerprint density at radius 3 is 2.38 bits per heavy atom. The number of sulfonamides is 1. The molecule has 1 heterocycles. The zero-order valence-electron chi connectivity index (χ0n) is 14.3. The van der Waals surface area contributed by atoms with Crippen molar-refractivity contribution in [2.45, 2.75) is 24.9 Å². The van der Waals surface area contributed by atoms with E-state index in [-0.39, 0.29) is 18.0 Å². The molecular weight excluding hydrogens is 351 g/mol. The van der Waals surface area contributed by atoms with Crippen LogP contribution in [0.3, 0.4) is 0 Å². The molecule has 3 aromatic rings. The number of halogens is 1. The molecule has 6 heteroatoms. The highest BCUT2D eigenvalue weighted by Crippen LogP contribution is 2.21. The van der Waals surface area contributed by atoms with Crippen LogP contribution in [0.15, 0.2) is 77.8 Å². The van der Waals surface area contributed by atoms with Crippen LogP contribution in [-0.2, 0) is 23.1 Å². The standard InChI is InChI=1S/C20H19FN2O2S/c1-16-5-4-6-17(13-16)14-23(15-19-7-2-3-12-22-19)26(24,25)20-10-8-18(21)9-11-20/h2-13H,14-15H2,1H3. The third kappa shape index (κ3) is 4.33. The molecule has 0 aliphatic heterocycles. The van der Waals surface area contributed by atoms with Crippen LogP contribution < -0.4 is 0 Å². The molecule has 0 aliphatic rings. The largest absolute Gasteiger partial charge is 0.260 e. The van der Waals surface area contributed by atoms with Crippen molar-refractivity contribution in [3.63, 3.8) is 0 Å². The number of nitrogens with zero attached hydrogens (tertiary/aromatic N) is 2. The molecular formula is C20H19FN2O2S. The summed E-state index contributed by atoms with van der Waals surface area (Å²) in [5.74, 6) is -0.473. The molecule has 0 atom stereocenters. The van der Waals surface area contributed by atoms with Crippen LogP contribution in [-0.4, -0.2) is 17.7 Å². The van der Waals surface area contributed by atoms with E-state index in [0.29, 0.717) is 5.69 Å². The third-order valence-electron chi connectivity index (χ3n) is 3.96. The van der Waals surface area contributed by atoms with Gasteiger partial charge in [-0.05, 0) is 48.9 Å². The maximum atomic E-state index is 13.2. The first-order valence-electron chi connectivity index (χ1n) is 8.16. The third-order valence-corrected chi connectivity index (χ3v) is 5.76. The van der Waals surface area contributed by atoms with E-state index in [1.807, 2.05) is 37.3 Å². The topological polar surface area (TPSA) is 50.3 Å². The van der Waals surface area contributed by atoms with E-state index in [0.717, 1.165) is 23.3 Å². The molecule has 0 saturated carbocycles. The Labute approximate surface area is 153 Å². The molecule has 2 aromatic carbocycles. The molecule has 26 heavy (non-hydrogen) atoms. The van der Waals surface area contributed by atoms with Gasteiger partial charge in [0.1, 0.15) is 5.82 Å². The van der Waals surface area contributed by atoms with Gasteiger partial charge < -0.3 is 0 Å². The molecule has 0 aliphatic carbocycles. The molecule has 134 valence electrons. The fourth-order valence-corrected chi connectivity index (χ4v) is 4.07. The van der Waals surface area contributed by atoms with Gasteiger partial charge in [0.15, 0.2) is 0 Å². The van der Waals surface area contributed by atoms with Crippen LogP contribution in [0.5, 0.6) is 0 Å².